The third kappa shape index (κ3) is 4.17. The standard InChI is InChI=1S/C21H24N4O3S/c1-3-27-16-9-7-15(8-10-16)19-23-17(13-29-19)18(26)24-21(11-5-4-6-12-21)20-22-14(2)28-25-20/h7-10,13H,3-6,11-12H2,1-2H3,(H,24,26). The Morgan fingerprint density at radius 2 is 1.97 bits per heavy atom. The molecule has 8 heteroatoms. The molecule has 1 aliphatic rings. The maximum Gasteiger partial charge on any atom is 0.271 e. The zero-order chi connectivity index (χ0) is 20.3. The molecule has 4 rings (SSSR count). The number of aryl methyl sites for hydroxylation is 1. The molecule has 0 atom stereocenters. The van der Waals surface area contributed by atoms with Crippen molar-refractivity contribution in [1.29, 1.82) is 0 Å². The van der Waals surface area contributed by atoms with E-state index in [2.05, 4.69) is 20.4 Å². The molecule has 0 radical (unpaired) electrons. The Morgan fingerprint density at radius 1 is 1.21 bits per heavy atom. The Morgan fingerprint density at radius 3 is 2.62 bits per heavy atom. The number of nitrogens with one attached hydrogen (secondary N) is 1. The number of amides is 1. The Kier molecular flexibility index (Phi) is 5.62. The van der Waals surface area contributed by atoms with Crippen LogP contribution in [0.3, 0.4) is 0 Å². The molecule has 152 valence electrons. The van der Waals surface area contributed by atoms with Crippen LogP contribution in [0.2, 0.25) is 0 Å². The predicted molar refractivity (Wildman–Crippen MR) is 110 cm³/mol. The lowest BCUT2D eigenvalue weighted by molar-refractivity contribution is 0.0851. The minimum Gasteiger partial charge on any atom is -0.494 e. The number of thiazole rings is 1. The lowest BCUT2D eigenvalue weighted by atomic mass is 9.81. The summed E-state index contributed by atoms with van der Waals surface area (Å²) in [5.41, 5.74) is 0.776. The molecule has 1 N–H and O–H groups in total. The van der Waals surface area contributed by atoms with Crippen molar-refractivity contribution in [2.24, 2.45) is 0 Å². The molecule has 1 fully saturated rings. The van der Waals surface area contributed by atoms with Gasteiger partial charge < -0.3 is 14.6 Å². The number of ether oxygens (including phenoxy) is 1. The van der Waals surface area contributed by atoms with Gasteiger partial charge in [0.2, 0.25) is 5.89 Å². The highest BCUT2D eigenvalue weighted by molar-refractivity contribution is 7.13. The normalized spacial score (nSPS) is 15.8. The second kappa shape index (κ2) is 8.32. The van der Waals surface area contributed by atoms with Crippen molar-refractivity contribution in [3.63, 3.8) is 0 Å². The molecular weight excluding hydrogens is 388 g/mol. The SMILES string of the molecule is CCOc1ccc(-c2nc(C(=O)NC3(c4noc(C)n4)CCCCC3)cs2)cc1. The Hall–Kier alpha value is -2.74. The molecule has 1 aromatic carbocycles. The van der Waals surface area contributed by atoms with E-state index >= 15 is 0 Å². The van der Waals surface area contributed by atoms with Gasteiger partial charge in [0.05, 0.1) is 6.61 Å². The second-order valence-corrected chi connectivity index (χ2v) is 8.09. The number of carbonyl (C=O) groups excluding carboxylic acids is 1. The van der Waals surface area contributed by atoms with Gasteiger partial charge in [0, 0.05) is 17.9 Å². The predicted octanol–water partition coefficient (Wildman–Crippen LogP) is 4.49. The number of aromatic nitrogens is 3. The van der Waals surface area contributed by atoms with Crippen LogP contribution in [0.4, 0.5) is 0 Å². The third-order valence-corrected chi connectivity index (χ3v) is 6.06. The van der Waals surface area contributed by atoms with Crippen molar-refractivity contribution >= 4 is 17.2 Å². The number of hydrogen-bond acceptors (Lipinski definition) is 7. The van der Waals surface area contributed by atoms with Gasteiger partial charge in [-0.3, -0.25) is 4.79 Å². The fourth-order valence-corrected chi connectivity index (χ4v) is 4.51. The van der Waals surface area contributed by atoms with Crippen molar-refractivity contribution < 1.29 is 14.1 Å². The summed E-state index contributed by atoms with van der Waals surface area (Å²) < 4.78 is 10.7. The first kappa shape index (κ1) is 19.6. The van der Waals surface area contributed by atoms with E-state index in [0.717, 1.165) is 48.4 Å². The number of carbonyl (C=O) groups is 1. The van der Waals surface area contributed by atoms with Crippen LogP contribution >= 0.6 is 11.3 Å². The molecule has 2 heterocycles. The Labute approximate surface area is 173 Å². The molecule has 2 aromatic heterocycles. The molecule has 0 saturated heterocycles. The first-order valence-corrected chi connectivity index (χ1v) is 10.8. The molecule has 0 spiro atoms. The first-order valence-electron chi connectivity index (χ1n) is 9.92. The number of nitrogens with zero attached hydrogens (tertiary/aromatic N) is 3. The zero-order valence-electron chi connectivity index (χ0n) is 16.6. The Balaban J connectivity index is 1.53. The maximum absolute atomic E-state index is 13.0. The van der Waals surface area contributed by atoms with E-state index in [1.807, 2.05) is 31.2 Å². The van der Waals surface area contributed by atoms with Crippen molar-refractivity contribution in [3.8, 4) is 16.3 Å². The molecule has 1 amide bonds. The quantitative estimate of drug-likeness (QED) is 0.641. The van der Waals surface area contributed by atoms with Crippen LogP contribution < -0.4 is 10.1 Å². The molecule has 0 unspecified atom stereocenters. The van der Waals surface area contributed by atoms with Crippen LogP contribution in [-0.2, 0) is 5.54 Å². The van der Waals surface area contributed by atoms with E-state index in [0.29, 0.717) is 24.0 Å². The fourth-order valence-electron chi connectivity index (χ4n) is 3.71. The van der Waals surface area contributed by atoms with Crippen LogP contribution in [0.15, 0.2) is 34.2 Å². The second-order valence-electron chi connectivity index (χ2n) is 7.23. The largest absolute Gasteiger partial charge is 0.494 e. The number of benzene rings is 1. The topological polar surface area (TPSA) is 90.1 Å². The minimum absolute atomic E-state index is 0.206. The smallest absolute Gasteiger partial charge is 0.271 e. The Bertz CT molecular complexity index is 974. The molecule has 1 aliphatic carbocycles. The van der Waals surface area contributed by atoms with Gasteiger partial charge in [-0.2, -0.15) is 4.98 Å². The van der Waals surface area contributed by atoms with E-state index in [-0.39, 0.29) is 5.91 Å². The van der Waals surface area contributed by atoms with Gasteiger partial charge in [0.1, 0.15) is 22.0 Å². The summed E-state index contributed by atoms with van der Waals surface area (Å²) in [7, 11) is 0. The van der Waals surface area contributed by atoms with Crippen molar-refractivity contribution in [2.75, 3.05) is 6.61 Å². The molecule has 1 saturated carbocycles. The van der Waals surface area contributed by atoms with Crippen LogP contribution in [0.5, 0.6) is 5.75 Å². The highest BCUT2D eigenvalue weighted by atomic mass is 32.1. The summed E-state index contributed by atoms with van der Waals surface area (Å²) in [4.78, 5) is 22.0. The average Bonchev–Trinajstić information content (AvgIpc) is 3.39. The molecule has 0 bridgehead atoms. The van der Waals surface area contributed by atoms with Gasteiger partial charge in [-0.15, -0.1) is 11.3 Å². The summed E-state index contributed by atoms with van der Waals surface area (Å²) in [6.07, 6.45) is 4.78. The van der Waals surface area contributed by atoms with E-state index in [9.17, 15) is 4.79 Å². The monoisotopic (exact) mass is 412 g/mol. The minimum atomic E-state index is -0.587. The highest BCUT2D eigenvalue weighted by Gasteiger charge is 2.40. The summed E-state index contributed by atoms with van der Waals surface area (Å²) in [5.74, 6) is 1.68. The van der Waals surface area contributed by atoms with Crippen molar-refractivity contribution in [1.82, 2.24) is 20.4 Å². The lowest BCUT2D eigenvalue weighted by Gasteiger charge is -2.35. The van der Waals surface area contributed by atoms with E-state index in [1.165, 1.54) is 11.3 Å². The van der Waals surface area contributed by atoms with Gasteiger partial charge in [-0.1, -0.05) is 24.4 Å². The van der Waals surface area contributed by atoms with Crippen LogP contribution in [-0.4, -0.2) is 27.6 Å². The zero-order valence-corrected chi connectivity index (χ0v) is 17.4. The highest BCUT2D eigenvalue weighted by Crippen LogP contribution is 2.36. The first-order chi connectivity index (χ1) is 14.1. The average molecular weight is 413 g/mol. The van der Waals surface area contributed by atoms with E-state index in [4.69, 9.17) is 9.26 Å². The molecular formula is C21H24N4O3S. The van der Waals surface area contributed by atoms with Gasteiger partial charge in [-0.25, -0.2) is 4.98 Å². The number of rotatable bonds is 6. The summed E-state index contributed by atoms with van der Waals surface area (Å²) in [6.45, 7) is 4.34. The van der Waals surface area contributed by atoms with Crippen LogP contribution in [0, 0.1) is 6.92 Å². The molecule has 7 nitrogen and oxygen atoms in total. The van der Waals surface area contributed by atoms with Gasteiger partial charge >= 0.3 is 0 Å². The van der Waals surface area contributed by atoms with E-state index < -0.39 is 5.54 Å². The summed E-state index contributed by atoms with van der Waals surface area (Å²) >= 11 is 1.45. The maximum atomic E-state index is 13.0. The van der Waals surface area contributed by atoms with Crippen molar-refractivity contribution in [2.45, 2.75) is 51.5 Å². The van der Waals surface area contributed by atoms with Gasteiger partial charge in [0.25, 0.3) is 5.91 Å². The third-order valence-electron chi connectivity index (χ3n) is 5.16. The molecule has 3 aromatic rings. The van der Waals surface area contributed by atoms with E-state index in [1.54, 1.807) is 12.3 Å². The van der Waals surface area contributed by atoms with Gasteiger partial charge in [0.15, 0.2) is 5.82 Å². The van der Waals surface area contributed by atoms with Gasteiger partial charge in [-0.05, 0) is 44.0 Å². The molecule has 29 heavy (non-hydrogen) atoms. The van der Waals surface area contributed by atoms with Crippen molar-refractivity contribution in [3.05, 3.63) is 47.1 Å². The lowest BCUT2D eigenvalue weighted by Crippen LogP contribution is -2.48. The van der Waals surface area contributed by atoms with Crippen LogP contribution in [0.1, 0.15) is 61.2 Å². The fraction of sp³-hybridized carbons (Fsp3) is 0.429. The number of hydrogen-bond donors (Lipinski definition) is 1. The molecule has 0 aliphatic heterocycles. The summed E-state index contributed by atoms with van der Waals surface area (Å²) in [5, 5.41) is 9.86. The van der Waals surface area contributed by atoms with Crippen LogP contribution in [0.25, 0.3) is 10.6 Å². The summed E-state index contributed by atoms with van der Waals surface area (Å²) in [6, 6.07) is 7.73.